The van der Waals surface area contributed by atoms with E-state index in [1.54, 1.807) is 14.2 Å². The van der Waals surface area contributed by atoms with Crippen molar-refractivity contribution in [3.63, 3.8) is 0 Å². The average Bonchev–Trinajstić information content (AvgIpc) is 2.54. The molecule has 0 saturated carbocycles. The molecule has 20 heavy (non-hydrogen) atoms. The maximum Gasteiger partial charge on any atom is 0.184 e. The van der Waals surface area contributed by atoms with Crippen molar-refractivity contribution in [3.05, 3.63) is 35.9 Å². The third-order valence-corrected chi connectivity index (χ3v) is 3.81. The van der Waals surface area contributed by atoms with Gasteiger partial charge in [0.2, 0.25) is 0 Å². The Balaban J connectivity index is 1.73. The molecule has 1 aromatic rings. The van der Waals surface area contributed by atoms with Crippen molar-refractivity contribution >= 4 is 0 Å². The molecule has 110 valence electrons. The summed E-state index contributed by atoms with van der Waals surface area (Å²) in [6.45, 7) is 0.476. The first-order chi connectivity index (χ1) is 9.81. The molecular weight excluding hydrogens is 260 g/mol. The van der Waals surface area contributed by atoms with Gasteiger partial charge in [-0.1, -0.05) is 30.3 Å². The molecule has 5 heteroatoms. The Morgan fingerprint density at radius 3 is 2.55 bits per heavy atom. The SMILES string of the molecule is CO[C@H]1C[C@@H](OC)[C@H]2O[C@H](c3ccccc3)OC[C@@H]2O1. The summed E-state index contributed by atoms with van der Waals surface area (Å²) in [6, 6.07) is 9.91. The molecule has 0 amide bonds. The van der Waals surface area contributed by atoms with E-state index in [9.17, 15) is 0 Å². The number of ether oxygens (including phenoxy) is 5. The molecule has 5 atom stereocenters. The normalized spacial score (nSPS) is 37.4. The van der Waals surface area contributed by atoms with E-state index in [-0.39, 0.29) is 30.9 Å². The van der Waals surface area contributed by atoms with Crippen LogP contribution in [0.3, 0.4) is 0 Å². The summed E-state index contributed by atoms with van der Waals surface area (Å²) in [5.74, 6) is 0. The van der Waals surface area contributed by atoms with E-state index in [1.165, 1.54) is 0 Å². The molecule has 2 heterocycles. The van der Waals surface area contributed by atoms with E-state index in [0.717, 1.165) is 5.56 Å². The van der Waals surface area contributed by atoms with Crippen LogP contribution in [-0.4, -0.2) is 45.4 Å². The van der Waals surface area contributed by atoms with Gasteiger partial charge in [-0.3, -0.25) is 0 Å². The van der Waals surface area contributed by atoms with E-state index in [0.29, 0.717) is 13.0 Å². The lowest BCUT2D eigenvalue weighted by Gasteiger charge is -2.45. The minimum Gasteiger partial charge on any atom is -0.378 e. The van der Waals surface area contributed by atoms with Crippen LogP contribution in [0.15, 0.2) is 30.3 Å². The van der Waals surface area contributed by atoms with Crippen LogP contribution in [0.25, 0.3) is 0 Å². The average molecular weight is 280 g/mol. The first-order valence-electron chi connectivity index (χ1n) is 6.85. The van der Waals surface area contributed by atoms with Gasteiger partial charge in [0.1, 0.15) is 12.2 Å². The highest BCUT2D eigenvalue weighted by atomic mass is 16.7. The second-order valence-corrected chi connectivity index (χ2v) is 5.03. The number of hydrogen-bond acceptors (Lipinski definition) is 5. The third kappa shape index (κ3) is 2.73. The van der Waals surface area contributed by atoms with Gasteiger partial charge in [0.25, 0.3) is 0 Å². The molecule has 2 fully saturated rings. The zero-order chi connectivity index (χ0) is 13.9. The van der Waals surface area contributed by atoms with E-state index in [2.05, 4.69) is 0 Å². The maximum absolute atomic E-state index is 6.04. The first kappa shape index (κ1) is 14.0. The van der Waals surface area contributed by atoms with Crippen LogP contribution >= 0.6 is 0 Å². The molecule has 2 aliphatic heterocycles. The lowest BCUT2D eigenvalue weighted by atomic mass is 10.00. The lowest BCUT2D eigenvalue weighted by Crippen LogP contribution is -2.55. The molecule has 0 radical (unpaired) electrons. The summed E-state index contributed by atoms with van der Waals surface area (Å²) >= 11 is 0. The number of methoxy groups -OCH3 is 2. The zero-order valence-corrected chi connectivity index (χ0v) is 11.7. The van der Waals surface area contributed by atoms with Crippen LogP contribution in [0.5, 0.6) is 0 Å². The second-order valence-electron chi connectivity index (χ2n) is 5.03. The summed E-state index contributed by atoms with van der Waals surface area (Å²) in [4.78, 5) is 0. The van der Waals surface area contributed by atoms with Crippen LogP contribution in [0, 0.1) is 0 Å². The van der Waals surface area contributed by atoms with Crippen molar-refractivity contribution < 1.29 is 23.7 Å². The quantitative estimate of drug-likeness (QED) is 0.846. The van der Waals surface area contributed by atoms with Gasteiger partial charge in [-0.2, -0.15) is 0 Å². The first-order valence-corrected chi connectivity index (χ1v) is 6.85. The molecule has 0 aliphatic carbocycles. The molecule has 0 spiro atoms. The van der Waals surface area contributed by atoms with Crippen molar-refractivity contribution in [3.8, 4) is 0 Å². The molecule has 0 aromatic heterocycles. The van der Waals surface area contributed by atoms with Gasteiger partial charge in [-0.25, -0.2) is 0 Å². The topological polar surface area (TPSA) is 46.2 Å². The molecule has 0 N–H and O–H groups in total. The number of fused-ring (bicyclic) bond motifs is 1. The number of hydrogen-bond donors (Lipinski definition) is 0. The second kappa shape index (κ2) is 6.20. The van der Waals surface area contributed by atoms with Crippen molar-refractivity contribution in [2.75, 3.05) is 20.8 Å². The predicted molar refractivity (Wildman–Crippen MR) is 71.1 cm³/mol. The maximum atomic E-state index is 6.04. The Bertz CT molecular complexity index is 416. The number of benzene rings is 1. The molecule has 5 nitrogen and oxygen atoms in total. The Morgan fingerprint density at radius 1 is 1.05 bits per heavy atom. The van der Waals surface area contributed by atoms with Gasteiger partial charge in [-0.05, 0) is 0 Å². The summed E-state index contributed by atoms with van der Waals surface area (Å²) in [5.41, 5.74) is 1.01. The van der Waals surface area contributed by atoms with Crippen LogP contribution in [0.4, 0.5) is 0 Å². The molecule has 0 unspecified atom stereocenters. The van der Waals surface area contributed by atoms with Gasteiger partial charge in [0, 0.05) is 26.2 Å². The van der Waals surface area contributed by atoms with Crippen molar-refractivity contribution in [2.45, 2.75) is 37.3 Å². The van der Waals surface area contributed by atoms with Crippen molar-refractivity contribution in [1.82, 2.24) is 0 Å². The minimum absolute atomic E-state index is 0.0474. The van der Waals surface area contributed by atoms with Gasteiger partial charge in [0.15, 0.2) is 12.6 Å². The molecule has 2 aliphatic rings. The Labute approximate surface area is 118 Å². The van der Waals surface area contributed by atoms with E-state index < -0.39 is 0 Å². The van der Waals surface area contributed by atoms with E-state index in [1.807, 2.05) is 30.3 Å². The fraction of sp³-hybridized carbons (Fsp3) is 0.600. The summed E-state index contributed by atoms with van der Waals surface area (Å²) in [6.07, 6.45) is -0.299. The lowest BCUT2D eigenvalue weighted by molar-refractivity contribution is -0.336. The zero-order valence-electron chi connectivity index (χ0n) is 11.7. The Kier molecular flexibility index (Phi) is 4.33. The summed E-state index contributed by atoms with van der Waals surface area (Å²) in [7, 11) is 3.32. The van der Waals surface area contributed by atoms with E-state index >= 15 is 0 Å². The monoisotopic (exact) mass is 280 g/mol. The third-order valence-electron chi connectivity index (χ3n) is 3.81. The van der Waals surface area contributed by atoms with Gasteiger partial charge in [0.05, 0.1) is 12.7 Å². The van der Waals surface area contributed by atoms with E-state index in [4.69, 9.17) is 23.7 Å². The fourth-order valence-electron chi connectivity index (χ4n) is 2.73. The molecule has 3 rings (SSSR count). The highest BCUT2D eigenvalue weighted by molar-refractivity contribution is 5.16. The molecule has 0 bridgehead atoms. The van der Waals surface area contributed by atoms with Gasteiger partial charge >= 0.3 is 0 Å². The highest BCUT2D eigenvalue weighted by Crippen LogP contribution is 2.34. The molecule has 2 saturated heterocycles. The number of rotatable bonds is 3. The van der Waals surface area contributed by atoms with Crippen LogP contribution in [-0.2, 0) is 23.7 Å². The largest absolute Gasteiger partial charge is 0.378 e. The van der Waals surface area contributed by atoms with Crippen LogP contribution in [0.1, 0.15) is 18.3 Å². The predicted octanol–water partition coefficient (Wildman–Crippen LogP) is 1.88. The Hall–Kier alpha value is -0.980. The summed E-state index contributed by atoms with van der Waals surface area (Å²) in [5, 5.41) is 0. The minimum atomic E-state index is -0.363. The fourth-order valence-corrected chi connectivity index (χ4v) is 2.73. The van der Waals surface area contributed by atoms with Crippen molar-refractivity contribution in [2.24, 2.45) is 0 Å². The molecule has 1 aromatic carbocycles. The smallest absolute Gasteiger partial charge is 0.184 e. The highest BCUT2D eigenvalue weighted by Gasteiger charge is 2.44. The van der Waals surface area contributed by atoms with Gasteiger partial charge in [-0.15, -0.1) is 0 Å². The van der Waals surface area contributed by atoms with Crippen molar-refractivity contribution in [1.29, 1.82) is 0 Å². The standard InChI is InChI=1S/C15H20O5/c1-16-11-8-13(17-2)19-12-9-18-15(20-14(11)12)10-6-4-3-5-7-10/h3-7,11-15H,8-9H2,1-2H3/t11-,12+,13-,14-,15-/m1/s1. The summed E-state index contributed by atoms with van der Waals surface area (Å²) < 4.78 is 28.4. The van der Waals surface area contributed by atoms with Crippen LogP contribution in [0.2, 0.25) is 0 Å². The van der Waals surface area contributed by atoms with Gasteiger partial charge < -0.3 is 23.7 Å². The Morgan fingerprint density at radius 2 is 1.85 bits per heavy atom. The molecular formula is C15H20O5. The van der Waals surface area contributed by atoms with Crippen LogP contribution < -0.4 is 0 Å².